The van der Waals surface area contributed by atoms with E-state index in [1.165, 1.54) is 6.42 Å². The second-order valence-electron chi connectivity index (χ2n) is 11.2. The maximum atomic E-state index is 14.8. The Hall–Kier alpha value is -3.31. The molecule has 2 aliphatic rings. The van der Waals surface area contributed by atoms with Gasteiger partial charge in [-0.1, -0.05) is 79.4 Å². The molecule has 0 N–H and O–H groups in total. The van der Waals surface area contributed by atoms with Crippen LogP contribution in [0.15, 0.2) is 83.8 Å². The third-order valence-corrected chi connectivity index (χ3v) is 11.2. The van der Waals surface area contributed by atoms with Crippen LogP contribution in [0, 0.1) is 12.8 Å². The molecule has 5 heteroatoms. The molecule has 1 fully saturated rings. The van der Waals surface area contributed by atoms with Gasteiger partial charge in [0.15, 0.2) is 21.3 Å². The zero-order valence-corrected chi connectivity index (χ0v) is 23.7. The summed E-state index contributed by atoms with van der Waals surface area (Å²) in [6, 6.07) is 26.2. The molecule has 39 heavy (non-hydrogen) atoms. The number of hydrogen-bond donors (Lipinski definition) is 0. The largest absolute Gasteiger partial charge is 0.493 e. The molecule has 0 aromatic heterocycles. The summed E-state index contributed by atoms with van der Waals surface area (Å²) in [7, 11) is -0.402. The van der Waals surface area contributed by atoms with Gasteiger partial charge in [0, 0.05) is 11.8 Å². The van der Waals surface area contributed by atoms with Gasteiger partial charge in [0.25, 0.3) is 0 Å². The van der Waals surface area contributed by atoms with Gasteiger partial charge >= 0.3 is 0 Å². The van der Waals surface area contributed by atoms with E-state index in [0.29, 0.717) is 22.3 Å². The monoisotopic (exact) mass is 540 g/mol. The smallest absolute Gasteiger partial charge is 0.182 e. The van der Waals surface area contributed by atoms with E-state index in [1.807, 2.05) is 37.3 Å². The van der Waals surface area contributed by atoms with Gasteiger partial charge in [0.1, 0.15) is 0 Å². The van der Waals surface area contributed by atoms with Crippen LogP contribution in [0.4, 0.5) is 0 Å². The van der Waals surface area contributed by atoms with Crippen LogP contribution < -0.4 is 9.47 Å². The van der Waals surface area contributed by atoms with Gasteiger partial charge in [-0.2, -0.15) is 0 Å². The third kappa shape index (κ3) is 4.51. The number of sulfone groups is 1. The number of methoxy groups -OCH3 is 2. The minimum absolute atomic E-state index is 0.122. The maximum Gasteiger partial charge on any atom is 0.182 e. The highest BCUT2D eigenvalue weighted by Crippen LogP contribution is 2.57. The van der Waals surface area contributed by atoms with Crippen LogP contribution >= 0.6 is 0 Å². The van der Waals surface area contributed by atoms with Crippen molar-refractivity contribution >= 4 is 20.6 Å². The summed E-state index contributed by atoms with van der Waals surface area (Å²) in [6.45, 7) is 1.99. The molecule has 3 atom stereocenters. The highest BCUT2D eigenvalue weighted by molar-refractivity contribution is 7.92. The van der Waals surface area contributed by atoms with Crippen LogP contribution in [0.2, 0.25) is 0 Å². The summed E-state index contributed by atoms with van der Waals surface area (Å²) in [6.07, 6.45) is 5.58. The molecule has 0 unspecified atom stereocenters. The third-order valence-electron chi connectivity index (χ3n) is 8.96. The second-order valence-corrected chi connectivity index (χ2v) is 13.3. The van der Waals surface area contributed by atoms with E-state index in [0.717, 1.165) is 58.7 Å². The van der Waals surface area contributed by atoms with E-state index in [4.69, 9.17) is 9.47 Å². The molecule has 4 nitrogen and oxygen atoms in total. The van der Waals surface area contributed by atoms with Crippen molar-refractivity contribution in [2.24, 2.45) is 5.92 Å². The zero-order valence-electron chi connectivity index (χ0n) is 22.9. The molecule has 0 saturated heterocycles. The van der Waals surface area contributed by atoms with Crippen LogP contribution in [0.5, 0.6) is 11.5 Å². The van der Waals surface area contributed by atoms with Crippen molar-refractivity contribution < 1.29 is 17.9 Å². The maximum absolute atomic E-state index is 14.8. The van der Waals surface area contributed by atoms with Crippen molar-refractivity contribution in [3.8, 4) is 11.5 Å². The Kier molecular flexibility index (Phi) is 6.88. The lowest BCUT2D eigenvalue weighted by Gasteiger charge is -2.34. The number of hydrogen-bond acceptors (Lipinski definition) is 4. The Balaban J connectivity index is 1.62. The zero-order chi connectivity index (χ0) is 27.1. The highest BCUT2D eigenvalue weighted by atomic mass is 32.2. The molecule has 0 spiro atoms. The average molecular weight is 541 g/mol. The molecule has 0 amide bonds. The molecule has 4 aromatic rings. The van der Waals surface area contributed by atoms with E-state index in [1.54, 1.807) is 26.4 Å². The molecular formula is C34H36O4S. The van der Waals surface area contributed by atoms with Gasteiger partial charge in [0.05, 0.1) is 24.4 Å². The fourth-order valence-electron chi connectivity index (χ4n) is 7.07. The van der Waals surface area contributed by atoms with E-state index < -0.39 is 15.1 Å². The van der Waals surface area contributed by atoms with Crippen molar-refractivity contribution in [3.63, 3.8) is 0 Å². The van der Waals surface area contributed by atoms with Crippen LogP contribution in [-0.4, -0.2) is 27.9 Å². The number of ether oxygens (including phenoxy) is 2. The van der Waals surface area contributed by atoms with Crippen molar-refractivity contribution in [2.75, 3.05) is 14.2 Å². The Morgan fingerprint density at radius 2 is 1.36 bits per heavy atom. The summed E-state index contributed by atoms with van der Waals surface area (Å²) < 4.78 is 41.0. The van der Waals surface area contributed by atoms with Gasteiger partial charge in [-0.25, -0.2) is 8.42 Å². The first-order valence-corrected chi connectivity index (χ1v) is 15.5. The lowest BCUT2D eigenvalue weighted by atomic mass is 9.76. The molecule has 1 saturated carbocycles. The number of fused-ring (bicyclic) bond motifs is 2. The van der Waals surface area contributed by atoms with Gasteiger partial charge < -0.3 is 9.47 Å². The molecule has 0 heterocycles. The summed E-state index contributed by atoms with van der Waals surface area (Å²) >= 11 is 0. The number of benzene rings is 4. The predicted octanol–water partition coefficient (Wildman–Crippen LogP) is 7.82. The first kappa shape index (κ1) is 25.9. The van der Waals surface area contributed by atoms with E-state index in [9.17, 15) is 8.42 Å². The van der Waals surface area contributed by atoms with Crippen molar-refractivity contribution in [2.45, 2.75) is 61.0 Å². The first-order valence-electron chi connectivity index (χ1n) is 14.0. The SMILES string of the molecule is COc1cc2c(cc1OC)[C@@H](C1CCCCC1)[C@H](S(=O)(=O)c1ccc(C)cc1)[C@H]2c1ccc2ccccc2c1. The first-order chi connectivity index (χ1) is 18.9. The minimum Gasteiger partial charge on any atom is -0.493 e. The van der Waals surface area contributed by atoms with Crippen LogP contribution in [0.1, 0.15) is 66.2 Å². The number of aryl methyl sites for hydroxylation is 1. The summed E-state index contributed by atoms with van der Waals surface area (Å²) in [5, 5.41) is 1.65. The van der Waals surface area contributed by atoms with E-state index >= 15 is 0 Å². The minimum atomic E-state index is -3.69. The van der Waals surface area contributed by atoms with Crippen molar-refractivity contribution in [3.05, 3.63) is 101 Å². The fraction of sp³-hybridized carbons (Fsp3) is 0.353. The van der Waals surface area contributed by atoms with Gasteiger partial charge in [0.2, 0.25) is 0 Å². The van der Waals surface area contributed by atoms with Crippen LogP contribution in [0.3, 0.4) is 0 Å². The molecule has 0 bridgehead atoms. The van der Waals surface area contributed by atoms with Gasteiger partial charge in [-0.3, -0.25) is 0 Å². The van der Waals surface area contributed by atoms with Crippen molar-refractivity contribution in [1.29, 1.82) is 0 Å². The standard InChI is InChI=1S/C34H36O4S/c1-22-13-17-27(18-14-22)39(35,36)34-32(24-10-5-4-6-11-24)28-20-30(37-2)31(38-3)21-29(28)33(34)26-16-15-23-9-7-8-12-25(23)19-26/h7-9,12-21,24,32-34H,4-6,10-11H2,1-3H3/t32-,33+,34+/m1/s1. The Labute approximate surface area is 231 Å². The van der Waals surface area contributed by atoms with Gasteiger partial charge in [-0.15, -0.1) is 0 Å². The second kappa shape index (κ2) is 10.3. The van der Waals surface area contributed by atoms with Crippen LogP contribution in [0.25, 0.3) is 10.8 Å². The predicted molar refractivity (Wildman–Crippen MR) is 157 cm³/mol. The summed E-state index contributed by atoms with van der Waals surface area (Å²) in [5.41, 5.74) is 4.21. The normalized spacial score (nSPS) is 21.6. The van der Waals surface area contributed by atoms with E-state index in [-0.39, 0.29) is 11.8 Å². The highest BCUT2D eigenvalue weighted by Gasteiger charge is 2.52. The van der Waals surface area contributed by atoms with E-state index in [2.05, 4.69) is 36.4 Å². The molecule has 4 aromatic carbocycles. The van der Waals surface area contributed by atoms with Crippen LogP contribution in [-0.2, 0) is 9.84 Å². The Morgan fingerprint density at radius 1 is 0.718 bits per heavy atom. The number of rotatable bonds is 6. The molecule has 202 valence electrons. The molecule has 6 rings (SSSR count). The molecule has 2 aliphatic carbocycles. The average Bonchev–Trinajstić information content (AvgIpc) is 3.31. The van der Waals surface area contributed by atoms with Crippen molar-refractivity contribution in [1.82, 2.24) is 0 Å². The Bertz CT molecular complexity index is 1600. The fourth-order valence-corrected chi connectivity index (χ4v) is 9.32. The van der Waals surface area contributed by atoms with Gasteiger partial charge in [-0.05, 0) is 77.4 Å². The summed E-state index contributed by atoms with van der Waals surface area (Å²) in [5.74, 6) is 1.15. The molecular weight excluding hydrogens is 504 g/mol. The summed E-state index contributed by atoms with van der Waals surface area (Å²) in [4.78, 5) is 0.399. The topological polar surface area (TPSA) is 52.6 Å². The molecule has 0 aliphatic heterocycles. The lowest BCUT2D eigenvalue weighted by molar-refractivity contribution is 0.299. The lowest BCUT2D eigenvalue weighted by Crippen LogP contribution is -2.34. The quantitative estimate of drug-likeness (QED) is 0.250. The Morgan fingerprint density at radius 3 is 2.03 bits per heavy atom. The molecule has 0 radical (unpaired) electrons.